The molecule has 4 heteroatoms. The smallest absolute Gasteiger partial charge is 0.407 e. The van der Waals surface area contributed by atoms with Crippen LogP contribution in [0.2, 0.25) is 0 Å². The van der Waals surface area contributed by atoms with Crippen LogP contribution in [0.4, 0.5) is 4.79 Å². The standard InChI is InChI=1S/C10H20N2O2/c1-2-3-4-9-7-8(11)5-6-12(9)10(13)14/h8-9H,2-7,11H2,1H3,(H,13,14). The lowest BCUT2D eigenvalue weighted by atomic mass is 9.94. The molecule has 1 heterocycles. The van der Waals surface area contributed by atoms with Crippen molar-refractivity contribution in [1.29, 1.82) is 0 Å². The van der Waals surface area contributed by atoms with Crippen molar-refractivity contribution in [2.24, 2.45) is 5.73 Å². The lowest BCUT2D eigenvalue weighted by Crippen LogP contribution is -2.49. The largest absolute Gasteiger partial charge is 0.465 e. The molecule has 0 aromatic rings. The number of likely N-dealkylation sites (tertiary alicyclic amines) is 1. The summed E-state index contributed by atoms with van der Waals surface area (Å²) in [6.45, 7) is 2.72. The van der Waals surface area contributed by atoms with E-state index in [1.165, 1.54) is 0 Å². The Hall–Kier alpha value is -0.770. The highest BCUT2D eigenvalue weighted by Gasteiger charge is 2.29. The van der Waals surface area contributed by atoms with E-state index in [-0.39, 0.29) is 12.1 Å². The van der Waals surface area contributed by atoms with Gasteiger partial charge in [0.2, 0.25) is 0 Å². The van der Waals surface area contributed by atoms with Crippen LogP contribution < -0.4 is 5.73 Å². The van der Waals surface area contributed by atoms with Crippen molar-refractivity contribution in [2.45, 2.75) is 51.1 Å². The minimum atomic E-state index is -0.794. The third-order valence-corrected chi connectivity index (χ3v) is 2.89. The van der Waals surface area contributed by atoms with E-state index in [1.807, 2.05) is 0 Å². The van der Waals surface area contributed by atoms with E-state index in [0.29, 0.717) is 6.54 Å². The highest BCUT2D eigenvalue weighted by atomic mass is 16.4. The summed E-state index contributed by atoms with van der Waals surface area (Å²) in [5.41, 5.74) is 5.84. The van der Waals surface area contributed by atoms with Crippen LogP contribution in [0.3, 0.4) is 0 Å². The molecule has 0 spiro atoms. The monoisotopic (exact) mass is 200 g/mol. The summed E-state index contributed by atoms with van der Waals surface area (Å²) in [6, 6.07) is 0.337. The summed E-state index contributed by atoms with van der Waals surface area (Å²) >= 11 is 0. The van der Waals surface area contributed by atoms with Crippen LogP contribution in [0.25, 0.3) is 0 Å². The summed E-state index contributed by atoms with van der Waals surface area (Å²) in [5, 5.41) is 8.98. The summed E-state index contributed by atoms with van der Waals surface area (Å²) in [5.74, 6) is 0. The third-order valence-electron chi connectivity index (χ3n) is 2.89. The summed E-state index contributed by atoms with van der Waals surface area (Å²) in [4.78, 5) is 12.5. The summed E-state index contributed by atoms with van der Waals surface area (Å²) in [6.07, 6.45) is 3.98. The van der Waals surface area contributed by atoms with E-state index in [1.54, 1.807) is 4.90 Å². The van der Waals surface area contributed by atoms with Gasteiger partial charge in [0.15, 0.2) is 0 Å². The average molecular weight is 200 g/mol. The van der Waals surface area contributed by atoms with E-state index in [9.17, 15) is 4.79 Å². The molecule has 1 aliphatic heterocycles. The lowest BCUT2D eigenvalue weighted by Gasteiger charge is -2.36. The molecule has 0 bridgehead atoms. The quantitative estimate of drug-likeness (QED) is 0.728. The van der Waals surface area contributed by atoms with E-state index in [2.05, 4.69) is 6.92 Å². The second kappa shape index (κ2) is 5.20. The van der Waals surface area contributed by atoms with Gasteiger partial charge in [-0.1, -0.05) is 19.8 Å². The normalized spacial score (nSPS) is 27.7. The number of hydrogen-bond acceptors (Lipinski definition) is 2. The first-order chi connectivity index (χ1) is 6.65. The minimum Gasteiger partial charge on any atom is -0.465 e. The van der Waals surface area contributed by atoms with Crippen molar-refractivity contribution in [3.05, 3.63) is 0 Å². The second-order valence-corrected chi connectivity index (χ2v) is 4.06. The van der Waals surface area contributed by atoms with Gasteiger partial charge >= 0.3 is 6.09 Å². The zero-order valence-corrected chi connectivity index (χ0v) is 8.78. The molecule has 0 radical (unpaired) electrons. The van der Waals surface area contributed by atoms with Crippen LogP contribution in [-0.4, -0.2) is 34.7 Å². The first-order valence-electron chi connectivity index (χ1n) is 5.40. The highest BCUT2D eigenvalue weighted by Crippen LogP contribution is 2.20. The number of nitrogens with zero attached hydrogens (tertiary/aromatic N) is 1. The van der Waals surface area contributed by atoms with Gasteiger partial charge < -0.3 is 15.7 Å². The third kappa shape index (κ3) is 2.87. The van der Waals surface area contributed by atoms with Gasteiger partial charge in [0.05, 0.1) is 0 Å². The Balaban J connectivity index is 2.50. The lowest BCUT2D eigenvalue weighted by molar-refractivity contribution is 0.0972. The number of carbonyl (C=O) groups is 1. The fraction of sp³-hybridized carbons (Fsp3) is 0.900. The number of unbranched alkanes of at least 4 members (excludes halogenated alkanes) is 1. The molecule has 1 amide bonds. The van der Waals surface area contributed by atoms with Crippen molar-refractivity contribution >= 4 is 6.09 Å². The van der Waals surface area contributed by atoms with Crippen LogP contribution in [-0.2, 0) is 0 Å². The number of nitrogens with two attached hydrogens (primary N) is 1. The number of rotatable bonds is 3. The molecule has 2 atom stereocenters. The predicted molar refractivity (Wildman–Crippen MR) is 55.3 cm³/mol. The van der Waals surface area contributed by atoms with Gasteiger partial charge in [0.1, 0.15) is 0 Å². The molecule has 1 fully saturated rings. The average Bonchev–Trinajstić information content (AvgIpc) is 2.14. The van der Waals surface area contributed by atoms with Gasteiger partial charge in [-0.05, 0) is 19.3 Å². The molecule has 0 aliphatic carbocycles. The second-order valence-electron chi connectivity index (χ2n) is 4.06. The van der Waals surface area contributed by atoms with E-state index in [4.69, 9.17) is 10.8 Å². The van der Waals surface area contributed by atoms with Gasteiger partial charge in [-0.3, -0.25) is 0 Å². The molecule has 0 aromatic carbocycles. The first-order valence-corrected chi connectivity index (χ1v) is 5.40. The van der Waals surface area contributed by atoms with Crippen molar-refractivity contribution in [3.63, 3.8) is 0 Å². The van der Waals surface area contributed by atoms with Gasteiger partial charge in [0, 0.05) is 18.6 Å². The SMILES string of the molecule is CCCCC1CC(N)CCN1C(=O)O. The molecular weight excluding hydrogens is 180 g/mol. The molecule has 1 saturated heterocycles. The Kier molecular flexibility index (Phi) is 4.20. The van der Waals surface area contributed by atoms with E-state index in [0.717, 1.165) is 32.1 Å². The molecule has 82 valence electrons. The fourth-order valence-corrected chi connectivity index (χ4v) is 2.05. The molecule has 14 heavy (non-hydrogen) atoms. The van der Waals surface area contributed by atoms with Crippen LogP contribution in [0.15, 0.2) is 0 Å². The maximum atomic E-state index is 10.9. The van der Waals surface area contributed by atoms with E-state index < -0.39 is 6.09 Å². The summed E-state index contributed by atoms with van der Waals surface area (Å²) in [7, 11) is 0. The number of amides is 1. The molecule has 1 aliphatic rings. The molecule has 2 unspecified atom stereocenters. The fourth-order valence-electron chi connectivity index (χ4n) is 2.05. The van der Waals surface area contributed by atoms with Crippen molar-refractivity contribution in [3.8, 4) is 0 Å². The predicted octanol–water partition coefficient (Wildman–Crippen LogP) is 1.65. The Bertz CT molecular complexity index is 197. The van der Waals surface area contributed by atoms with Crippen LogP contribution in [0, 0.1) is 0 Å². The number of hydrogen-bond donors (Lipinski definition) is 2. The van der Waals surface area contributed by atoms with Crippen molar-refractivity contribution in [1.82, 2.24) is 4.90 Å². The maximum absolute atomic E-state index is 10.9. The zero-order valence-electron chi connectivity index (χ0n) is 8.78. The summed E-state index contributed by atoms with van der Waals surface area (Å²) < 4.78 is 0. The molecule has 4 nitrogen and oxygen atoms in total. The van der Waals surface area contributed by atoms with E-state index >= 15 is 0 Å². The maximum Gasteiger partial charge on any atom is 0.407 e. The molecule has 0 saturated carbocycles. The van der Waals surface area contributed by atoms with Crippen molar-refractivity contribution < 1.29 is 9.90 Å². The molecule has 3 N–H and O–H groups in total. The number of carboxylic acid groups (broad SMARTS) is 1. The number of piperidine rings is 1. The molecular formula is C10H20N2O2. The minimum absolute atomic E-state index is 0.149. The first kappa shape index (κ1) is 11.3. The topological polar surface area (TPSA) is 66.6 Å². The Labute approximate surface area is 85.1 Å². The molecule has 0 aromatic heterocycles. The highest BCUT2D eigenvalue weighted by molar-refractivity contribution is 5.65. The van der Waals surface area contributed by atoms with Gasteiger partial charge in [0.25, 0.3) is 0 Å². The van der Waals surface area contributed by atoms with Crippen LogP contribution >= 0.6 is 0 Å². The molecule has 1 rings (SSSR count). The Morgan fingerprint density at radius 2 is 2.36 bits per heavy atom. The van der Waals surface area contributed by atoms with Crippen LogP contribution in [0.5, 0.6) is 0 Å². The zero-order chi connectivity index (χ0) is 10.6. The van der Waals surface area contributed by atoms with Crippen LogP contribution in [0.1, 0.15) is 39.0 Å². The Morgan fingerprint density at radius 3 is 2.93 bits per heavy atom. The van der Waals surface area contributed by atoms with Gasteiger partial charge in [-0.25, -0.2) is 4.79 Å². The van der Waals surface area contributed by atoms with Gasteiger partial charge in [-0.2, -0.15) is 0 Å². The van der Waals surface area contributed by atoms with Crippen molar-refractivity contribution in [2.75, 3.05) is 6.54 Å². The van der Waals surface area contributed by atoms with Gasteiger partial charge in [-0.15, -0.1) is 0 Å². The Morgan fingerprint density at radius 1 is 1.64 bits per heavy atom.